The Kier molecular flexibility index (Phi) is 5.38. The molecule has 146 valence electrons. The zero-order chi connectivity index (χ0) is 19.8. The average Bonchev–Trinajstić information content (AvgIpc) is 3.08. The van der Waals surface area contributed by atoms with Crippen molar-refractivity contribution < 1.29 is 9.53 Å². The minimum absolute atomic E-state index is 0.0147. The van der Waals surface area contributed by atoms with Gasteiger partial charge in [0, 0.05) is 30.8 Å². The molecule has 10 heteroatoms. The molecule has 1 aliphatic heterocycles. The Balaban J connectivity index is 1.80. The number of amides is 1. The highest BCUT2D eigenvalue weighted by Gasteiger charge is 2.32. The second kappa shape index (κ2) is 7.43. The molecule has 0 unspecified atom stereocenters. The fraction of sp³-hybridized carbons (Fsp3) is 0.529. The van der Waals surface area contributed by atoms with Gasteiger partial charge in [-0.2, -0.15) is 0 Å². The van der Waals surface area contributed by atoms with E-state index in [9.17, 15) is 4.79 Å². The molecule has 27 heavy (non-hydrogen) atoms. The molecule has 1 saturated heterocycles. The Morgan fingerprint density at radius 1 is 1.44 bits per heavy atom. The number of ether oxygens (including phenoxy) is 1. The predicted molar refractivity (Wildman–Crippen MR) is 107 cm³/mol. The van der Waals surface area contributed by atoms with Crippen molar-refractivity contribution in [2.24, 2.45) is 5.84 Å². The normalized spacial score (nSPS) is 17.3. The second-order valence-electron chi connectivity index (χ2n) is 7.52. The van der Waals surface area contributed by atoms with Crippen LogP contribution in [0.25, 0.3) is 11.2 Å². The van der Waals surface area contributed by atoms with E-state index in [0.29, 0.717) is 29.3 Å². The van der Waals surface area contributed by atoms with Crippen molar-refractivity contribution in [2.45, 2.75) is 38.8 Å². The highest BCUT2D eigenvalue weighted by atomic mass is 79.9. The number of aromatic nitrogens is 3. The molecule has 3 rings (SSSR count). The summed E-state index contributed by atoms with van der Waals surface area (Å²) in [4.78, 5) is 29.5. The number of hydrazine groups is 1. The number of anilines is 2. The zero-order valence-corrected chi connectivity index (χ0v) is 17.4. The highest BCUT2D eigenvalue weighted by Crippen LogP contribution is 2.29. The number of carbonyl (C=O) groups is 1. The molecule has 1 fully saturated rings. The summed E-state index contributed by atoms with van der Waals surface area (Å²) < 4.78 is 6.28. The molecule has 2 aromatic rings. The molecular formula is C17H24BrN7O2. The van der Waals surface area contributed by atoms with Crippen LogP contribution < -0.4 is 16.2 Å². The van der Waals surface area contributed by atoms with Crippen LogP contribution in [0.2, 0.25) is 0 Å². The van der Waals surface area contributed by atoms with E-state index in [2.05, 4.69) is 41.2 Å². The fourth-order valence-electron chi connectivity index (χ4n) is 2.96. The zero-order valence-electron chi connectivity index (χ0n) is 15.9. The number of fused-ring (bicyclic) bond motifs is 1. The van der Waals surface area contributed by atoms with E-state index in [1.165, 1.54) is 0 Å². The first-order valence-electron chi connectivity index (χ1n) is 8.68. The molecule has 0 radical (unpaired) electrons. The third-order valence-electron chi connectivity index (χ3n) is 4.30. The molecule has 9 nitrogen and oxygen atoms in total. The number of pyridine rings is 1. The van der Waals surface area contributed by atoms with E-state index in [1.54, 1.807) is 18.1 Å². The van der Waals surface area contributed by atoms with Crippen molar-refractivity contribution in [1.82, 2.24) is 19.9 Å². The van der Waals surface area contributed by atoms with Gasteiger partial charge in [0.15, 0.2) is 17.3 Å². The third kappa shape index (κ3) is 4.38. The van der Waals surface area contributed by atoms with Crippen LogP contribution in [-0.2, 0) is 4.74 Å². The maximum atomic E-state index is 12.3. The quantitative estimate of drug-likeness (QED) is 0.556. The van der Waals surface area contributed by atoms with Crippen LogP contribution in [0.1, 0.15) is 27.2 Å². The maximum absolute atomic E-state index is 12.3. The van der Waals surface area contributed by atoms with E-state index in [1.807, 2.05) is 26.8 Å². The first-order chi connectivity index (χ1) is 12.7. The molecule has 0 bridgehead atoms. The van der Waals surface area contributed by atoms with Crippen LogP contribution in [0, 0.1) is 0 Å². The van der Waals surface area contributed by atoms with Crippen molar-refractivity contribution >= 4 is 44.8 Å². The van der Waals surface area contributed by atoms with Gasteiger partial charge in [-0.05, 0) is 49.2 Å². The largest absolute Gasteiger partial charge is 0.444 e. The number of carbonyl (C=O) groups excluding carboxylic acids is 1. The van der Waals surface area contributed by atoms with Gasteiger partial charge in [-0.1, -0.05) is 0 Å². The second-order valence-corrected chi connectivity index (χ2v) is 8.43. The van der Waals surface area contributed by atoms with E-state index in [-0.39, 0.29) is 12.1 Å². The van der Waals surface area contributed by atoms with Crippen molar-refractivity contribution in [3.63, 3.8) is 0 Å². The average molecular weight is 438 g/mol. The van der Waals surface area contributed by atoms with Gasteiger partial charge in [-0.3, -0.25) is 0 Å². The standard InChI is InChI=1S/C17H24BrN7O2/c1-17(2,3)27-16(26)24(4)11-5-6-25(9-11)15-14(23-19)21-12-7-10(18)8-20-13(12)22-15/h7-8,11H,5-6,9,19H2,1-4H3,(H,21,23)/t11-/m1/s1. The number of nitrogen functional groups attached to an aromatic ring is 1. The lowest BCUT2D eigenvalue weighted by molar-refractivity contribution is 0.0238. The first-order valence-corrected chi connectivity index (χ1v) is 9.48. The Morgan fingerprint density at radius 3 is 2.85 bits per heavy atom. The predicted octanol–water partition coefficient (Wildman–Crippen LogP) is 2.52. The van der Waals surface area contributed by atoms with Crippen LogP contribution in [0.4, 0.5) is 16.4 Å². The number of hydrogen-bond donors (Lipinski definition) is 2. The SMILES string of the molecule is CN(C(=O)OC(C)(C)C)[C@@H]1CCN(c2nc3ncc(Br)cc3nc2NN)C1. The van der Waals surface area contributed by atoms with Crippen LogP contribution in [0.15, 0.2) is 16.7 Å². The van der Waals surface area contributed by atoms with Crippen LogP contribution in [0.5, 0.6) is 0 Å². The maximum Gasteiger partial charge on any atom is 0.410 e. The molecule has 1 atom stereocenters. The van der Waals surface area contributed by atoms with Crippen molar-refractivity contribution in [3.8, 4) is 0 Å². The van der Waals surface area contributed by atoms with E-state index < -0.39 is 5.60 Å². The summed E-state index contributed by atoms with van der Waals surface area (Å²) in [5.74, 6) is 6.76. The number of rotatable bonds is 3. The summed E-state index contributed by atoms with van der Waals surface area (Å²) >= 11 is 3.38. The Hall–Kier alpha value is -2.20. The summed E-state index contributed by atoms with van der Waals surface area (Å²) in [5.41, 5.74) is 3.27. The van der Waals surface area contributed by atoms with Crippen LogP contribution in [-0.4, -0.2) is 57.7 Å². The fourth-order valence-corrected chi connectivity index (χ4v) is 3.28. The van der Waals surface area contributed by atoms with Gasteiger partial charge >= 0.3 is 6.09 Å². The number of halogens is 1. The molecule has 0 spiro atoms. The molecule has 3 heterocycles. The first kappa shape index (κ1) is 19.6. The molecule has 1 aliphatic rings. The van der Waals surface area contributed by atoms with E-state index in [0.717, 1.165) is 17.4 Å². The number of hydrogen-bond acceptors (Lipinski definition) is 8. The Morgan fingerprint density at radius 2 is 2.19 bits per heavy atom. The van der Waals surface area contributed by atoms with Gasteiger partial charge < -0.3 is 20.0 Å². The smallest absolute Gasteiger partial charge is 0.410 e. The molecule has 0 saturated carbocycles. The topological polar surface area (TPSA) is 110 Å². The summed E-state index contributed by atoms with van der Waals surface area (Å²) in [5, 5.41) is 0. The number of nitrogens with zero attached hydrogens (tertiary/aromatic N) is 5. The minimum Gasteiger partial charge on any atom is -0.444 e. The highest BCUT2D eigenvalue weighted by molar-refractivity contribution is 9.10. The number of nitrogens with two attached hydrogens (primary N) is 1. The van der Waals surface area contributed by atoms with Crippen molar-refractivity contribution in [3.05, 3.63) is 16.7 Å². The van der Waals surface area contributed by atoms with Crippen LogP contribution >= 0.6 is 15.9 Å². The van der Waals surface area contributed by atoms with Gasteiger partial charge in [0.25, 0.3) is 0 Å². The molecule has 0 aliphatic carbocycles. The summed E-state index contributed by atoms with van der Waals surface area (Å²) in [7, 11) is 1.76. The van der Waals surface area contributed by atoms with Gasteiger partial charge in [-0.15, -0.1) is 0 Å². The Labute approximate surface area is 166 Å². The minimum atomic E-state index is -0.524. The van der Waals surface area contributed by atoms with Gasteiger partial charge in [0.1, 0.15) is 11.1 Å². The van der Waals surface area contributed by atoms with Crippen LogP contribution in [0.3, 0.4) is 0 Å². The third-order valence-corrected chi connectivity index (χ3v) is 4.73. The molecule has 3 N–H and O–H groups in total. The van der Waals surface area contributed by atoms with E-state index >= 15 is 0 Å². The lowest BCUT2D eigenvalue weighted by atomic mass is 10.2. The summed E-state index contributed by atoms with van der Waals surface area (Å²) in [6, 6.07) is 1.85. The van der Waals surface area contributed by atoms with Gasteiger partial charge in [-0.25, -0.2) is 25.6 Å². The molecular weight excluding hydrogens is 414 g/mol. The lowest BCUT2D eigenvalue weighted by Crippen LogP contribution is -2.42. The molecule has 2 aromatic heterocycles. The van der Waals surface area contributed by atoms with Crippen molar-refractivity contribution in [2.75, 3.05) is 30.5 Å². The van der Waals surface area contributed by atoms with E-state index in [4.69, 9.17) is 10.6 Å². The monoisotopic (exact) mass is 437 g/mol. The number of nitrogens with one attached hydrogen (secondary N) is 1. The van der Waals surface area contributed by atoms with Crippen molar-refractivity contribution in [1.29, 1.82) is 0 Å². The molecule has 0 aromatic carbocycles. The summed E-state index contributed by atoms with van der Waals surface area (Å²) in [6.45, 7) is 6.91. The summed E-state index contributed by atoms with van der Waals surface area (Å²) in [6.07, 6.45) is 2.15. The lowest BCUT2D eigenvalue weighted by Gasteiger charge is -2.28. The van der Waals surface area contributed by atoms with Gasteiger partial charge in [0.2, 0.25) is 0 Å². The van der Waals surface area contributed by atoms with Gasteiger partial charge in [0.05, 0.1) is 6.04 Å². The number of likely N-dealkylation sites (N-methyl/N-ethyl adjacent to an activating group) is 1. The molecule has 1 amide bonds. The Bertz CT molecular complexity index is 855.